The number of anilines is 1. The number of nitrogens with zero attached hydrogens (tertiary/aromatic N) is 5. The monoisotopic (exact) mass is 472 g/mol. The van der Waals surface area contributed by atoms with Crippen molar-refractivity contribution in [1.29, 1.82) is 0 Å². The number of hydrogen-bond donors (Lipinski definition) is 1. The van der Waals surface area contributed by atoms with Gasteiger partial charge in [-0.25, -0.2) is 4.98 Å². The number of nitrogens with one attached hydrogen (secondary N) is 1. The molecule has 34 heavy (non-hydrogen) atoms. The molecule has 0 aliphatic rings. The molecule has 3 aromatic heterocycles. The molecule has 1 N–H and O–H groups in total. The number of benzene rings is 2. The molecule has 3 heterocycles. The fourth-order valence-electron chi connectivity index (χ4n) is 3.30. The number of rotatable bonds is 6. The van der Waals surface area contributed by atoms with Crippen molar-refractivity contribution in [3.05, 3.63) is 95.7 Å². The van der Waals surface area contributed by atoms with Crippen molar-refractivity contribution in [2.45, 2.75) is 6.92 Å². The van der Waals surface area contributed by atoms with Crippen LogP contribution in [0.15, 0.2) is 83.9 Å². The maximum Gasteiger partial charge on any atom is 0.261 e. The third-order valence-electron chi connectivity index (χ3n) is 4.95. The lowest BCUT2D eigenvalue weighted by molar-refractivity contribution is 0.102. The molecule has 168 valence electrons. The molecule has 0 fully saturated rings. The minimum absolute atomic E-state index is 0.321. The molecule has 0 bridgehead atoms. The Labute approximate surface area is 199 Å². The summed E-state index contributed by atoms with van der Waals surface area (Å²) in [5.41, 5.74) is 1.90. The molecule has 0 spiro atoms. The highest BCUT2D eigenvalue weighted by Crippen LogP contribution is 2.31. The number of aromatic nitrogens is 5. The van der Waals surface area contributed by atoms with E-state index in [1.54, 1.807) is 78.7 Å². The van der Waals surface area contributed by atoms with Crippen LogP contribution < -0.4 is 10.1 Å². The van der Waals surface area contributed by atoms with Crippen LogP contribution in [-0.2, 0) is 0 Å². The fraction of sp³-hybridized carbons (Fsp3) is 0.0417. The normalized spacial score (nSPS) is 10.8. The van der Waals surface area contributed by atoms with E-state index in [0.29, 0.717) is 50.7 Å². The zero-order valence-electron chi connectivity index (χ0n) is 17.8. The van der Waals surface area contributed by atoms with E-state index in [1.165, 1.54) is 0 Å². The molecule has 10 heteroatoms. The van der Waals surface area contributed by atoms with Crippen LogP contribution in [-0.4, -0.2) is 30.8 Å². The molecule has 0 unspecified atom stereocenters. The molecule has 5 rings (SSSR count). The van der Waals surface area contributed by atoms with Gasteiger partial charge in [0, 0.05) is 29.7 Å². The molecule has 9 nitrogen and oxygen atoms in total. The zero-order chi connectivity index (χ0) is 23.5. The number of hydrogen-bond acceptors (Lipinski definition) is 7. The number of carbonyl (C=O) groups is 1. The second kappa shape index (κ2) is 9.16. The third kappa shape index (κ3) is 4.37. The lowest BCUT2D eigenvalue weighted by Gasteiger charge is -2.08. The summed E-state index contributed by atoms with van der Waals surface area (Å²) in [4.78, 5) is 17.0. The average molecular weight is 473 g/mol. The number of aryl methyl sites for hydroxylation is 1. The topological polar surface area (TPSA) is 108 Å². The second-order valence-electron chi connectivity index (χ2n) is 7.22. The van der Waals surface area contributed by atoms with Crippen LogP contribution in [0.2, 0.25) is 5.02 Å². The van der Waals surface area contributed by atoms with Gasteiger partial charge in [0.15, 0.2) is 5.82 Å². The number of ether oxygens (including phenoxy) is 1. The Hall–Kier alpha value is -4.50. The summed E-state index contributed by atoms with van der Waals surface area (Å²) >= 11 is 6.28. The molecule has 0 radical (unpaired) electrons. The van der Waals surface area contributed by atoms with E-state index in [1.807, 2.05) is 12.1 Å². The van der Waals surface area contributed by atoms with E-state index >= 15 is 0 Å². The fourth-order valence-corrected chi connectivity index (χ4v) is 3.52. The maximum atomic E-state index is 13.0. The van der Waals surface area contributed by atoms with Gasteiger partial charge in [-0.2, -0.15) is 0 Å². The predicted octanol–water partition coefficient (Wildman–Crippen LogP) is 5.32. The van der Waals surface area contributed by atoms with Crippen molar-refractivity contribution in [2.75, 3.05) is 5.32 Å². The molecule has 2 aromatic carbocycles. The Morgan fingerprint density at radius 3 is 2.59 bits per heavy atom. The number of imidazole rings is 1. The second-order valence-corrected chi connectivity index (χ2v) is 7.63. The SMILES string of the molecule is Cc1onc(-c2ccccc2Cl)c1C(=O)Nc1ccc(Oc2ccc(-n3ccnc3)nn2)cc1. The highest BCUT2D eigenvalue weighted by Gasteiger charge is 2.23. The van der Waals surface area contributed by atoms with Gasteiger partial charge in [0.2, 0.25) is 5.88 Å². The quantitative estimate of drug-likeness (QED) is 0.356. The van der Waals surface area contributed by atoms with Gasteiger partial charge in [-0.15, -0.1) is 10.2 Å². The van der Waals surface area contributed by atoms with E-state index in [4.69, 9.17) is 20.9 Å². The van der Waals surface area contributed by atoms with Crippen LogP contribution in [0.25, 0.3) is 17.1 Å². The van der Waals surface area contributed by atoms with Gasteiger partial charge in [0.25, 0.3) is 5.91 Å². The highest BCUT2D eigenvalue weighted by molar-refractivity contribution is 6.33. The van der Waals surface area contributed by atoms with Crippen LogP contribution in [0.3, 0.4) is 0 Å². The Bertz CT molecular complexity index is 1430. The van der Waals surface area contributed by atoms with Gasteiger partial charge >= 0.3 is 0 Å². The predicted molar refractivity (Wildman–Crippen MR) is 125 cm³/mol. The Balaban J connectivity index is 1.28. The summed E-state index contributed by atoms with van der Waals surface area (Å²) in [6.45, 7) is 1.68. The van der Waals surface area contributed by atoms with Gasteiger partial charge < -0.3 is 14.6 Å². The largest absolute Gasteiger partial charge is 0.438 e. The van der Waals surface area contributed by atoms with Gasteiger partial charge in [0.05, 0.1) is 5.02 Å². The number of amides is 1. The molecule has 0 aliphatic heterocycles. The zero-order valence-corrected chi connectivity index (χ0v) is 18.6. The first-order valence-corrected chi connectivity index (χ1v) is 10.6. The standard InChI is InChI=1S/C24H17ClN6O3/c1-15-22(23(30-34-15)18-4-2-3-5-19(18)25)24(32)27-16-6-8-17(9-7-16)33-21-11-10-20(28-29-21)31-13-12-26-14-31/h2-14H,1H3,(H,27,32). The summed E-state index contributed by atoms with van der Waals surface area (Å²) in [6.07, 6.45) is 5.07. The first-order valence-electron chi connectivity index (χ1n) is 10.2. The van der Waals surface area contributed by atoms with Crippen LogP contribution in [0.5, 0.6) is 11.6 Å². The maximum absolute atomic E-state index is 13.0. The van der Waals surface area contributed by atoms with Crippen LogP contribution in [0.4, 0.5) is 5.69 Å². The van der Waals surface area contributed by atoms with Crippen molar-refractivity contribution >= 4 is 23.2 Å². The van der Waals surface area contributed by atoms with Crippen molar-refractivity contribution in [3.8, 4) is 28.7 Å². The summed E-state index contributed by atoms with van der Waals surface area (Å²) < 4.78 is 12.8. The van der Waals surface area contributed by atoms with E-state index in [-0.39, 0.29) is 5.91 Å². The van der Waals surface area contributed by atoms with Crippen molar-refractivity contribution in [1.82, 2.24) is 24.9 Å². The Kier molecular flexibility index (Phi) is 5.75. The lowest BCUT2D eigenvalue weighted by Crippen LogP contribution is -2.13. The molecule has 5 aromatic rings. The number of carbonyl (C=O) groups excluding carboxylic acids is 1. The molecule has 0 saturated heterocycles. The Morgan fingerprint density at radius 1 is 1.06 bits per heavy atom. The van der Waals surface area contributed by atoms with Gasteiger partial charge in [-0.05, 0) is 43.3 Å². The van der Waals surface area contributed by atoms with Crippen LogP contribution >= 0.6 is 11.6 Å². The number of halogens is 1. The lowest BCUT2D eigenvalue weighted by atomic mass is 10.1. The smallest absolute Gasteiger partial charge is 0.261 e. The van der Waals surface area contributed by atoms with Gasteiger partial charge in [0.1, 0.15) is 29.1 Å². The first-order chi connectivity index (χ1) is 16.6. The van der Waals surface area contributed by atoms with E-state index in [2.05, 4.69) is 25.7 Å². The van der Waals surface area contributed by atoms with E-state index in [0.717, 1.165) is 0 Å². The van der Waals surface area contributed by atoms with Gasteiger partial charge in [-0.1, -0.05) is 35.0 Å². The van der Waals surface area contributed by atoms with E-state index < -0.39 is 0 Å². The van der Waals surface area contributed by atoms with Crippen LogP contribution in [0.1, 0.15) is 16.1 Å². The van der Waals surface area contributed by atoms with Crippen LogP contribution in [0, 0.1) is 6.92 Å². The minimum Gasteiger partial charge on any atom is -0.438 e. The summed E-state index contributed by atoms with van der Waals surface area (Å²) in [7, 11) is 0. The molecule has 0 saturated carbocycles. The molecule has 0 atom stereocenters. The first kappa shape index (κ1) is 21.4. The highest BCUT2D eigenvalue weighted by atomic mass is 35.5. The van der Waals surface area contributed by atoms with E-state index in [9.17, 15) is 4.79 Å². The van der Waals surface area contributed by atoms with Gasteiger partial charge in [-0.3, -0.25) is 9.36 Å². The van der Waals surface area contributed by atoms with Crippen molar-refractivity contribution in [3.63, 3.8) is 0 Å². The van der Waals surface area contributed by atoms with Crippen molar-refractivity contribution < 1.29 is 14.1 Å². The molecular formula is C24H17ClN6O3. The third-order valence-corrected chi connectivity index (χ3v) is 5.28. The Morgan fingerprint density at radius 2 is 1.88 bits per heavy atom. The summed E-state index contributed by atoms with van der Waals surface area (Å²) in [5, 5.41) is 15.6. The minimum atomic E-state index is -0.358. The van der Waals surface area contributed by atoms with Crippen molar-refractivity contribution in [2.24, 2.45) is 0 Å². The average Bonchev–Trinajstić information content (AvgIpc) is 3.51. The molecular weight excluding hydrogens is 456 g/mol. The molecule has 0 aliphatic carbocycles. The summed E-state index contributed by atoms with van der Waals surface area (Å²) in [6, 6.07) is 17.5. The summed E-state index contributed by atoms with van der Waals surface area (Å²) in [5.74, 6) is 1.54. The molecule has 1 amide bonds.